The second-order valence-electron chi connectivity index (χ2n) is 3.47. The third-order valence-corrected chi connectivity index (χ3v) is 2.69. The van der Waals surface area contributed by atoms with Gasteiger partial charge in [0.15, 0.2) is 5.79 Å². The Labute approximate surface area is 82.9 Å². The molecule has 1 heterocycles. The first-order chi connectivity index (χ1) is 6.53. The Morgan fingerprint density at radius 2 is 2.29 bits per heavy atom. The fraction of sp³-hybridized carbons (Fsp3) is 0.889. The molecule has 3 atom stereocenters. The van der Waals surface area contributed by atoms with Gasteiger partial charge in [-0.25, -0.2) is 0 Å². The van der Waals surface area contributed by atoms with Gasteiger partial charge < -0.3 is 19.3 Å². The summed E-state index contributed by atoms with van der Waals surface area (Å²) in [5, 5.41) is 9.96. The lowest BCUT2D eigenvalue weighted by molar-refractivity contribution is -0.204. The average molecular weight is 204 g/mol. The fourth-order valence-electron chi connectivity index (χ4n) is 1.56. The molecular weight excluding hydrogens is 188 g/mol. The van der Waals surface area contributed by atoms with Crippen LogP contribution in [0, 0.1) is 5.92 Å². The number of rotatable bonds is 3. The Balaban J connectivity index is 2.62. The van der Waals surface area contributed by atoms with Crippen molar-refractivity contribution in [3.05, 3.63) is 0 Å². The molecular formula is C9H16O5. The van der Waals surface area contributed by atoms with Crippen LogP contribution < -0.4 is 0 Å². The molecule has 1 aliphatic rings. The molecule has 0 radical (unpaired) electrons. The third-order valence-electron chi connectivity index (χ3n) is 2.69. The summed E-state index contributed by atoms with van der Waals surface area (Å²) in [6.45, 7) is 2.08. The maximum Gasteiger partial charge on any atom is 0.310 e. The summed E-state index contributed by atoms with van der Waals surface area (Å²) < 4.78 is 14.7. The van der Waals surface area contributed by atoms with Gasteiger partial charge in [-0.05, 0) is 0 Å². The second kappa shape index (κ2) is 4.25. The highest BCUT2D eigenvalue weighted by Gasteiger charge is 2.48. The van der Waals surface area contributed by atoms with E-state index in [2.05, 4.69) is 4.74 Å². The van der Waals surface area contributed by atoms with Crippen molar-refractivity contribution in [2.75, 3.05) is 20.8 Å². The first-order valence-electron chi connectivity index (χ1n) is 4.49. The Kier molecular flexibility index (Phi) is 3.47. The number of methoxy groups -OCH3 is 2. The molecule has 0 saturated carbocycles. The van der Waals surface area contributed by atoms with Crippen molar-refractivity contribution in [2.45, 2.75) is 25.2 Å². The molecule has 0 aromatic carbocycles. The van der Waals surface area contributed by atoms with Gasteiger partial charge in [-0.2, -0.15) is 0 Å². The van der Waals surface area contributed by atoms with Gasteiger partial charge in [-0.1, -0.05) is 6.92 Å². The highest BCUT2D eigenvalue weighted by Crippen LogP contribution is 2.34. The van der Waals surface area contributed by atoms with Gasteiger partial charge in [0.25, 0.3) is 0 Å². The van der Waals surface area contributed by atoms with Crippen molar-refractivity contribution in [3.8, 4) is 0 Å². The number of carbonyl (C=O) groups excluding carboxylic acids is 1. The minimum atomic E-state index is -1.45. The topological polar surface area (TPSA) is 65.0 Å². The minimum Gasteiger partial charge on any atom is -0.469 e. The van der Waals surface area contributed by atoms with Crippen molar-refractivity contribution in [1.82, 2.24) is 0 Å². The van der Waals surface area contributed by atoms with Crippen LogP contribution in [0.1, 0.15) is 13.3 Å². The van der Waals surface area contributed by atoms with Gasteiger partial charge in [-0.3, -0.25) is 4.79 Å². The van der Waals surface area contributed by atoms with E-state index in [9.17, 15) is 9.90 Å². The van der Waals surface area contributed by atoms with E-state index in [1.807, 2.05) is 0 Å². The van der Waals surface area contributed by atoms with Crippen LogP contribution in [-0.2, 0) is 19.0 Å². The zero-order valence-corrected chi connectivity index (χ0v) is 8.65. The van der Waals surface area contributed by atoms with E-state index in [4.69, 9.17) is 9.47 Å². The SMILES string of the molecule is COC(=O)CC1(O)OC[C@H](OC)[C@H]1C. The summed E-state index contributed by atoms with van der Waals surface area (Å²) in [5.41, 5.74) is 0. The van der Waals surface area contributed by atoms with E-state index >= 15 is 0 Å². The van der Waals surface area contributed by atoms with Crippen molar-refractivity contribution < 1.29 is 24.1 Å². The number of carbonyl (C=O) groups is 1. The van der Waals surface area contributed by atoms with Gasteiger partial charge >= 0.3 is 5.97 Å². The lowest BCUT2D eigenvalue weighted by atomic mass is 9.95. The monoisotopic (exact) mass is 204 g/mol. The van der Waals surface area contributed by atoms with Crippen LogP contribution in [0.5, 0.6) is 0 Å². The van der Waals surface area contributed by atoms with E-state index in [0.717, 1.165) is 0 Å². The summed E-state index contributed by atoms with van der Waals surface area (Å²) in [5.74, 6) is -2.18. The summed E-state index contributed by atoms with van der Waals surface area (Å²) in [4.78, 5) is 11.0. The van der Waals surface area contributed by atoms with Crippen molar-refractivity contribution in [3.63, 3.8) is 0 Å². The van der Waals surface area contributed by atoms with Crippen molar-refractivity contribution in [2.24, 2.45) is 5.92 Å². The van der Waals surface area contributed by atoms with Crippen LogP contribution in [0.2, 0.25) is 0 Å². The van der Waals surface area contributed by atoms with Crippen LogP contribution in [0.15, 0.2) is 0 Å². The molecule has 1 rings (SSSR count). The number of hydrogen-bond acceptors (Lipinski definition) is 5. The van der Waals surface area contributed by atoms with E-state index in [1.54, 1.807) is 14.0 Å². The smallest absolute Gasteiger partial charge is 0.310 e. The maximum absolute atomic E-state index is 11.0. The van der Waals surface area contributed by atoms with Crippen LogP contribution in [0.3, 0.4) is 0 Å². The summed E-state index contributed by atoms with van der Waals surface area (Å²) in [7, 11) is 2.83. The summed E-state index contributed by atoms with van der Waals surface area (Å²) in [6, 6.07) is 0. The molecule has 0 aliphatic carbocycles. The Morgan fingerprint density at radius 3 is 2.71 bits per heavy atom. The molecule has 1 aliphatic heterocycles. The minimum absolute atomic E-state index is 0.162. The molecule has 1 saturated heterocycles. The molecule has 0 aromatic rings. The molecule has 1 unspecified atom stereocenters. The molecule has 0 amide bonds. The molecule has 82 valence electrons. The third kappa shape index (κ3) is 2.05. The highest BCUT2D eigenvalue weighted by atomic mass is 16.7. The normalized spacial score (nSPS) is 37.1. The van der Waals surface area contributed by atoms with Gasteiger partial charge in [-0.15, -0.1) is 0 Å². The number of hydrogen-bond donors (Lipinski definition) is 1. The van der Waals surface area contributed by atoms with Crippen LogP contribution >= 0.6 is 0 Å². The second-order valence-corrected chi connectivity index (χ2v) is 3.47. The van der Waals surface area contributed by atoms with E-state index in [0.29, 0.717) is 6.61 Å². The van der Waals surface area contributed by atoms with Gasteiger partial charge in [0.1, 0.15) is 0 Å². The van der Waals surface area contributed by atoms with E-state index < -0.39 is 11.8 Å². The Bertz CT molecular complexity index is 217. The van der Waals surface area contributed by atoms with E-state index in [1.165, 1.54) is 7.11 Å². The molecule has 1 N–H and O–H groups in total. The zero-order chi connectivity index (χ0) is 10.8. The quantitative estimate of drug-likeness (QED) is 0.651. The average Bonchev–Trinajstić information content (AvgIpc) is 2.43. The molecule has 14 heavy (non-hydrogen) atoms. The van der Waals surface area contributed by atoms with Crippen molar-refractivity contribution >= 4 is 5.97 Å². The van der Waals surface area contributed by atoms with Crippen LogP contribution in [0.4, 0.5) is 0 Å². The number of esters is 1. The number of aliphatic hydroxyl groups is 1. The molecule has 0 spiro atoms. The molecule has 5 heteroatoms. The Morgan fingerprint density at radius 1 is 1.64 bits per heavy atom. The lowest BCUT2D eigenvalue weighted by Crippen LogP contribution is -2.39. The van der Waals surface area contributed by atoms with Crippen LogP contribution in [-0.4, -0.2) is 43.8 Å². The first kappa shape index (κ1) is 11.4. The Hall–Kier alpha value is -0.650. The molecule has 0 aromatic heterocycles. The largest absolute Gasteiger partial charge is 0.469 e. The number of ether oxygens (including phenoxy) is 3. The lowest BCUT2D eigenvalue weighted by Gasteiger charge is -2.26. The first-order valence-corrected chi connectivity index (χ1v) is 4.49. The van der Waals surface area contributed by atoms with Gasteiger partial charge in [0.2, 0.25) is 0 Å². The summed E-state index contributed by atoms with van der Waals surface area (Å²) in [6.07, 6.45) is -0.338. The predicted octanol–water partition coefficient (Wildman–Crippen LogP) is -0.0806. The molecule has 0 bridgehead atoms. The fourth-order valence-corrected chi connectivity index (χ4v) is 1.56. The summed E-state index contributed by atoms with van der Waals surface area (Å²) >= 11 is 0. The van der Waals surface area contributed by atoms with E-state index in [-0.39, 0.29) is 18.4 Å². The van der Waals surface area contributed by atoms with Crippen LogP contribution in [0.25, 0.3) is 0 Å². The highest BCUT2D eigenvalue weighted by molar-refractivity contribution is 5.70. The predicted molar refractivity (Wildman–Crippen MR) is 47.5 cm³/mol. The molecule has 1 fully saturated rings. The standard InChI is InChI=1S/C9H16O5/c1-6-7(12-2)5-14-9(6,11)4-8(10)13-3/h6-7,11H,4-5H2,1-3H3/t6-,7+,9?/m1/s1. The zero-order valence-electron chi connectivity index (χ0n) is 8.65. The van der Waals surface area contributed by atoms with Crippen molar-refractivity contribution in [1.29, 1.82) is 0 Å². The van der Waals surface area contributed by atoms with Gasteiger partial charge in [0.05, 0.1) is 26.2 Å². The van der Waals surface area contributed by atoms with Gasteiger partial charge in [0, 0.05) is 13.0 Å². The maximum atomic E-state index is 11.0. The molecule has 5 nitrogen and oxygen atoms in total.